The SMILES string of the molecule is CC(C)N=C1CCCC(=O)/C1=C(/O)Cc1cccc2ccccc12. The number of carbonyl (C=O) groups excluding carboxylic acids is 1. The molecule has 0 heterocycles. The van der Waals surface area contributed by atoms with Crippen molar-refractivity contribution in [2.24, 2.45) is 4.99 Å². The number of rotatable bonds is 3. The van der Waals surface area contributed by atoms with Crippen LogP contribution in [0.2, 0.25) is 0 Å². The molecule has 1 N–H and O–H groups in total. The van der Waals surface area contributed by atoms with Crippen LogP contribution in [0.15, 0.2) is 58.8 Å². The van der Waals surface area contributed by atoms with Gasteiger partial charge in [0.05, 0.1) is 5.57 Å². The van der Waals surface area contributed by atoms with Gasteiger partial charge in [-0.3, -0.25) is 9.79 Å². The molecule has 1 aliphatic carbocycles. The molecule has 1 fully saturated rings. The number of Topliss-reactive ketones (excluding diaryl/α,β-unsaturated/α-hetero) is 1. The molecule has 0 aromatic heterocycles. The van der Waals surface area contributed by atoms with Gasteiger partial charge in [-0.1, -0.05) is 42.5 Å². The van der Waals surface area contributed by atoms with E-state index in [9.17, 15) is 9.90 Å². The summed E-state index contributed by atoms with van der Waals surface area (Å²) in [5.74, 6) is 0.161. The summed E-state index contributed by atoms with van der Waals surface area (Å²) in [6.45, 7) is 3.98. The number of hydrogen-bond acceptors (Lipinski definition) is 3. The van der Waals surface area contributed by atoms with Crippen molar-refractivity contribution in [3.63, 3.8) is 0 Å². The maximum absolute atomic E-state index is 12.4. The molecule has 0 amide bonds. The Balaban J connectivity index is 2.03. The van der Waals surface area contributed by atoms with Crippen LogP contribution in [0.1, 0.15) is 38.7 Å². The van der Waals surface area contributed by atoms with Crippen LogP contribution in [0.3, 0.4) is 0 Å². The van der Waals surface area contributed by atoms with Crippen LogP contribution >= 0.6 is 0 Å². The maximum atomic E-state index is 12.4. The van der Waals surface area contributed by atoms with Gasteiger partial charge in [0, 0.05) is 24.6 Å². The van der Waals surface area contributed by atoms with Crippen molar-refractivity contribution in [1.82, 2.24) is 0 Å². The van der Waals surface area contributed by atoms with Crippen LogP contribution in [-0.4, -0.2) is 22.6 Å². The Morgan fingerprint density at radius 2 is 1.88 bits per heavy atom. The van der Waals surface area contributed by atoms with Gasteiger partial charge in [0.1, 0.15) is 5.76 Å². The summed E-state index contributed by atoms with van der Waals surface area (Å²) in [4.78, 5) is 17.0. The first-order valence-electron chi connectivity index (χ1n) is 8.55. The summed E-state index contributed by atoms with van der Waals surface area (Å²) >= 11 is 0. The lowest BCUT2D eigenvalue weighted by molar-refractivity contribution is -0.115. The zero-order valence-corrected chi connectivity index (χ0v) is 14.2. The van der Waals surface area contributed by atoms with Gasteiger partial charge in [-0.15, -0.1) is 0 Å². The predicted molar refractivity (Wildman–Crippen MR) is 98.7 cm³/mol. The summed E-state index contributed by atoms with van der Waals surface area (Å²) in [5.41, 5.74) is 2.24. The number of aliphatic hydroxyl groups is 1. The first-order chi connectivity index (χ1) is 11.6. The van der Waals surface area contributed by atoms with Gasteiger partial charge in [-0.2, -0.15) is 0 Å². The van der Waals surface area contributed by atoms with E-state index < -0.39 is 0 Å². The lowest BCUT2D eigenvalue weighted by atomic mass is 9.88. The number of hydrogen-bond donors (Lipinski definition) is 1. The fraction of sp³-hybridized carbons (Fsp3) is 0.333. The van der Waals surface area contributed by atoms with E-state index in [2.05, 4.69) is 23.2 Å². The lowest BCUT2D eigenvalue weighted by Crippen LogP contribution is -2.23. The normalized spacial score (nSPS) is 19.3. The Kier molecular flexibility index (Phi) is 4.79. The smallest absolute Gasteiger partial charge is 0.168 e. The first-order valence-corrected chi connectivity index (χ1v) is 8.55. The molecule has 1 aliphatic rings. The third kappa shape index (κ3) is 3.40. The van der Waals surface area contributed by atoms with E-state index in [4.69, 9.17) is 0 Å². The third-order valence-electron chi connectivity index (χ3n) is 4.33. The highest BCUT2D eigenvalue weighted by Crippen LogP contribution is 2.25. The number of aliphatic imine (C=N–C) groups is 1. The van der Waals surface area contributed by atoms with Gasteiger partial charge in [0.25, 0.3) is 0 Å². The quantitative estimate of drug-likeness (QED) is 0.652. The number of aliphatic hydroxyl groups excluding tert-OH is 1. The molecule has 3 heteroatoms. The second-order valence-corrected chi connectivity index (χ2v) is 6.58. The minimum absolute atomic E-state index is 0.0124. The van der Waals surface area contributed by atoms with Crippen LogP contribution in [0.5, 0.6) is 0 Å². The number of nitrogens with zero attached hydrogens (tertiary/aromatic N) is 1. The van der Waals surface area contributed by atoms with E-state index in [0.717, 1.165) is 34.9 Å². The second-order valence-electron chi connectivity index (χ2n) is 6.58. The van der Waals surface area contributed by atoms with E-state index in [0.29, 0.717) is 18.4 Å². The second kappa shape index (κ2) is 7.00. The van der Waals surface area contributed by atoms with E-state index >= 15 is 0 Å². The summed E-state index contributed by atoms with van der Waals surface area (Å²) < 4.78 is 0. The van der Waals surface area contributed by atoms with Gasteiger partial charge in [-0.05, 0) is 43.0 Å². The van der Waals surface area contributed by atoms with Crippen LogP contribution in [0, 0.1) is 0 Å². The number of allylic oxidation sites excluding steroid dienone is 2. The average molecular weight is 321 g/mol. The van der Waals surface area contributed by atoms with Crippen LogP contribution in [0.4, 0.5) is 0 Å². The van der Waals surface area contributed by atoms with Crippen molar-refractivity contribution >= 4 is 22.3 Å². The number of fused-ring (bicyclic) bond motifs is 1. The van der Waals surface area contributed by atoms with Gasteiger partial charge >= 0.3 is 0 Å². The standard InChI is InChI=1S/C21H23NO2/c1-14(2)22-18-11-6-12-19(23)21(18)20(24)13-16-9-5-8-15-7-3-4-10-17(15)16/h3-5,7-10,14,24H,6,11-13H2,1-2H3/b21-20+,22-18?. The largest absolute Gasteiger partial charge is 0.511 e. The zero-order valence-electron chi connectivity index (χ0n) is 14.2. The molecule has 1 saturated carbocycles. The van der Waals surface area contributed by atoms with Crippen LogP contribution in [0.25, 0.3) is 10.8 Å². The molecule has 124 valence electrons. The maximum Gasteiger partial charge on any atom is 0.168 e. The number of benzene rings is 2. The Labute approximate surface area is 142 Å². The molecule has 0 radical (unpaired) electrons. The fourth-order valence-electron chi connectivity index (χ4n) is 3.31. The Bertz CT molecular complexity index is 825. The Morgan fingerprint density at radius 3 is 2.67 bits per heavy atom. The van der Waals surface area contributed by atoms with Gasteiger partial charge in [-0.25, -0.2) is 0 Å². The van der Waals surface area contributed by atoms with Crippen molar-refractivity contribution in [3.05, 3.63) is 59.4 Å². The summed E-state index contributed by atoms with van der Waals surface area (Å²) in [6, 6.07) is 14.3. The van der Waals surface area contributed by atoms with Gasteiger partial charge in [0.15, 0.2) is 5.78 Å². The van der Waals surface area contributed by atoms with Crippen molar-refractivity contribution < 1.29 is 9.90 Å². The molecule has 0 atom stereocenters. The van der Waals surface area contributed by atoms with E-state index in [-0.39, 0.29) is 17.6 Å². The summed E-state index contributed by atoms with van der Waals surface area (Å²) in [7, 11) is 0. The molecule has 2 aromatic carbocycles. The Hall–Kier alpha value is -2.42. The highest BCUT2D eigenvalue weighted by Gasteiger charge is 2.25. The van der Waals surface area contributed by atoms with E-state index in [1.54, 1.807) is 0 Å². The first kappa shape index (κ1) is 16.4. The number of ketones is 1. The zero-order chi connectivity index (χ0) is 17.1. The molecule has 0 bridgehead atoms. The highest BCUT2D eigenvalue weighted by molar-refractivity contribution is 6.24. The average Bonchev–Trinajstić information content (AvgIpc) is 2.54. The lowest BCUT2D eigenvalue weighted by Gasteiger charge is -2.19. The topological polar surface area (TPSA) is 49.7 Å². The molecule has 2 aromatic rings. The minimum atomic E-state index is 0.0124. The highest BCUT2D eigenvalue weighted by atomic mass is 16.3. The molecule has 3 rings (SSSR count). The molecule has 3 nitrogen and oxygen atoms in total. The van der Waals surface area contributed by atoms with Crippen molar-refractivity contribution in [1.29, 1.82) is 0 Å². The van der Waals surface area contributed by atoms with E-state index in [1.165, 1.54) is 0 Å². The molecule has 0 aliphatic heterocycles. The Morgan fingerprint density at radius 1 is 1.12 bits per heavy atom. The van der Waals surface area contributed by atoms with Crippen molar-refractivity contribution in [3.8, 4) is 0 Å². The van der Waals surface area contributed by atoms with Crippen molar-refractivity contribution in [2.75, 3.05) is 0 Å². The van der Waals surface area contributed by atoms with E-state index in [1.807, 2.05) is 38.1 Å². The minimum Gasteiger partial charge on any atom is -0.511 e. The van der Waals surface area contributed by atoms with Crippen LogP contribution < -0.4 is 0 Å². The van der Waals surface area contributed by atoms with Gasteiger partial charge < -0.3 is 5.11 Å². The fourth-order valence-corrected chi connectivity index (χ4v) is 3.31. The van der Waals surface area contributed by atoms with Crippen LogP contribution in [-0.2, 0) is 11.2 Å². The predicted octanol–water partition coefficient (Wildman–Crippen LogP) is 4.80. The van der Waals surface area contributed by atoms with Gasteiger partial charge in [0.2, 0.25) is 0 Å². The summed E-state index contributed by atoms with van der Waals surface area (Å²) in [6.07, 6.45) is 2.43. The third-order valence-corrected chi connectivity index (χ3v) is 4.33. The molecule has 0 spiro atoms. The monoisotopic (exact) mass is 321 g/mol. The molecule has 24 heavy (non-hydrogen) atoms. The molecule has 0 unspecified atom stereocenters. The number of carbonyl (C=O) groups is 1. The molecular formula is C21H23NO2. The molecule has 0 saturated heterocycles. The van der Waals surface area contributed by atoms with Crippen molar-refractivity contribution in [2.45, 2.75) is 45.6 Å². The summed E-state index contributed by atoms with van der Waals surface area (Å²) in [5, 5.41) is 13.0. The molecular weight excluding hydrogens is 298 g/mol.